The standard InChI is InChI=1S/C18H20FN3O2/c1-12-11-17(24-16-9-4-3-7-14(16)19)21-18(20-12)15-8-5-6-10-22(15)13(2)23/h3-4,7,9,11,15H,5-6,8,10H2,1-2H3. The zero-order valence-electron chi connectivity index (χ0n) is 13.8. The van der Waals surface area contributed by atoms with E-state index in [1.807, 2.05) is 6.92 Å². The van der Waals surface area contributed by atoms with Crippen LogP contribution in [-0.2, 0) is 4.79 Å². The summed E-state index contributed by atoms with van der Waals surface area (Å²) in [5.41, 5.74) is 0.723. The third-order valence-corrected chi connectivity index (χ3v) is 4.10. The van der Waals surface area contributed by atoms with Crippen molar-refractivity contribution in [1.29, 1.82) is 0 Å². The molecule has 0 aliphatic carbocycles. The molecule has 5 nitrogen and oxygen atoms in total. The van der Waals surface area contributed by atoms with Crippen LogP contribution in [0, 0.1) is 12.7 Å². The number of piperidine rings is 1. The van der Waals surface area contributed by atoms with Gasteiger partial charge in [0, 0.05) is 25.2 Å². The number of nitrogens with zero attached hydrogens (tertiary/aromatic N) is 3. The van der Waals surface area contributed by atoms with E-state index in [1.54, 1.807) is 36.1 Å². The largest absolute Gasteiger partial charge is 0.436 e. The van der Waals surface area contributed by atoms with Gasteiger partial charge in [-0.05, 0) is 38.3 Å². The molecule has 0 N–H and O–H groups in total. The fraction of sp³-hybridized carbons (Fsp3) is 0.389. The van der Waals surface area contributed by atoms with Crippen LogP contribution in [0.25, 0.3) is 0 Å². The predicted molar refractivity (Wildman–Crippen MR) is 87.2 cm³/mol. The first-order valence-electron chi connectivity index (χ1n) is 8.10. The maximum atomic E-state index is 13.8. The average Bonchev–Trinajstić information content (AvgIpc) is 2.56. The van der Waals surface area contributed by atoms with E-state index in [1.165, 1.54) is 6.07 Å². The highest BCUT2D eigenvalue weighted by atomic mass is 19.1. The number of ether oxygens (including phenoxy) is 1. The highest BCUT2D eigenvalue weighted by molar-refractivity contribution is 5.73. The molecule has 1 amide bonds. The zero-order valence-corrected chi connectivity index (χ0v) is 13.8. The number of hydrogen-bond acceptors (Lipinski definition) is 4. The fourth-order valence-corrected chi connectivity index (χ4v) is 2.98. The third kappa shape index (κ3) is 3.53. The first-order valence-corrected chi connectivity index (χ1v) is 8.10. The molecule has 2 heterocycles. The highest BCUT2D eigenvalue weighted by Gasteiger charge is 2.28. The second-order valence-corrected chi connectivity index (χ2v) is 5.96. The number of aryl methyl sites for hydroxylation is 1. The topological polar surface area (TPSA) is 55.3 Å². The van der Waals surface area contributed by atoms with Crippen molar-refractivity contribution in [2.24, 2.45) is 0 Å². The van der Waals surface area contributed by atoms with E-state index in [0.29, 0.717) is 12.4 Å². The number of amides is 1. The second kappa shape index (κ2) is 6.95. The molecule has 1 atom stereocenters. The van der Waals surface area contributed by atoms with E-state index in [4.69, 9.17) is 4.74 Å². The number of hydrogen-bond donors (Lipinski definition) is 0. The Hall–Kier alpha value is -2.50. The molecule has 0 radical (unpaired) electrons. The number of carbonyl (C=O) groups is 1. The lowest BCUT2D eigenvalue weighted by Crippen LogP contribution is -2.37. The van der Waals surface area contributed by atoms with Gasteiger partial charge in [-0.15, -0.1) is 0 Å². The van der Waals surface area contributed by atoms with Gasteiger partial charge in [-0.2, -0.15) is 4.98 Å². The molecular weight excluding hydrogens is 309 g/mol. The van der Waals surface area contributed by atoms with Crippen molar-refractivity contribution < 1.29 is 13.9 Å². The molecule has 1 aromatic carbocycles. The van der Waals surface area contributed by atoms with Crippen molar-refractivity contribution in [1.82, 2.24) is 14.9 Å². The molecule has 2 aromatic rings. The second-order valence-electron chi connectivity index (χ2n) is 5.96. The van der Waals surface area contributed by atoms with Crippen molar-refractivity contribution in [3.8, 4) is 11.6 Å². The number of likely N-dealkylation sites (tertiary alicyclic amines) is 1. The molecule has 24 heavy (non-hydrogen) atoms. The summed E-state index contributed by atoms with van der Waals surface area (Å²) in [6.45, 7) is 4.10. The van der Waals surface area contributed by atoms with Gasteiger partial charge in [-0.25, -0.2) is 9.37 Å². The molecule has 1 aliphatic rings. The van der Waals surface area contributed by atoms with Gasteiger partial charge in [0.2, 0.25) is 11.8 Å². The van der Waals surface area contributed by atoms with E-state index in [9.17, 15) is 9.18 Å². The van der Waals surface area contributed by atoms with Crippen LogP contribution < -0.4 is 4.74 Å². The van der Waals surface area contributed by atoms with Crippen LogP contribution >= 0.6 is 0 Å². The number of carbonyl (C=O) groups excluding carboxylic acids is 1. The van der Waals surface area contributed by atoms with Crippen LogP contribution in [0.1, 0.15) is 43.7 Å². The van der Waals surface area contributed by atoms with E-state index in [2.05, 4.69) is 9.97 Å². The third-order valence-electron chi connectivity index (χ3n) is 4.10. The smallest absolute Gasteiger partial charge is 0.223 e. The molecule has 3 rings (SSSR count). The average molecular weight is 329 g/mol. The Morgan fingerprint density at radius 3 is 2.83 bits per heavy atom. The Balaban J connectivity index is 1.91. The van der Waals surface area contributed by atoms with E-state index >= 15 is 0 Å². The fourth-order valence-electron chi connectivity index (χ4n) is 2.98. The maximum Gasteiger partial charge on any atom is 0.223 e. The van der Waals surface area contributed by atoms with Gasteiger partial charge in [0.1, 0.15) is 0 Å². The van der Waals surface area contributed by atoms with Crippen LogP contribution in [-0.4, -0.2) is 27.3 Å². The maximum absolute atomic E-state index is 13.8. The Kier molecular flexibility index (Phi) is 4.74. The highest BCUT2D eigenvalue weighted by Crippen LogP contribution is 2.31. The quantitative estimate of drug-likeness (QED) is 0.860. The first kappa shape index (κ1) is 16.4. The Bertz CT molecular complexity index is 751. The van der Waals surface area contributed by atoms with Crippen LogP contribution in [0.3, 0.4) is 0 Å². The summed E-state index contributed by atoms with van der Waals surface area (Å²) >= 11 is 0. The Labute approximate surface area is 140 Å². The summed E-state index contributed by atoms with van der Waals surface area (Å²) in [6.07, 6.45) is 2.83. The number of halogens is 1. The molecule has 0 saturated carbocycles. The minimum atomic E-state index is -0.446. The SMILES string of the molecule is CC(=O)N1CCCCC1c1nc(C)cc(Oc2ccccc2F)n1. The van der Waals surface area contributed by atoms with E-state index < -0.39 is 5.82 Å². The van der Waals surface area contributed by atoms with Crippen molar-refractivity contribution >= 4 is 5.91 Å². The summed E-state index contributed by atoms with van der Waals surface area (Å²) in [4.78, 5) is 22.6. The number of rotatable bonds is 3. The van der Waals surface area contributed by atoms with Crippen molar-refractivity contribution in [3.63, 3.8) is 0 Å². The van der Waals surface area contributed by atoms with Gasteiger partial charge in [-0.3, -0.25) is 4.79 Å². The normalized spacial score (nSPS) is 17.6. The Morgan fingerprint density at radius 1 is 1.29 bits per heavy atom. The summed E-state index contributed by atoms with van der Waals surface area (Å²) in [5, 5.41) is 0. The molecule has 6 heteroatoms. The Morgan fingerprint density at radius 2 is 2.08 bits per heavy atom. The molecule has 1 unspecified atom stereocenters. The van der Waals surface area contributed by atoms with Gasteiger partial charge in [-0.1, -0.05) is 12.1 Å². The van der Waals surface area contributed by atoms with Gasteiger partial charge in [0.05, 0.1) is 6.04 Å². The molecule has 1 aliphatic heterocycles. The molecular formula is C18H20FN3O2. The minimum absolute atomic E-state index is 0.0152. The van der Waals surface area contributed by atoms with Gasteiger partial charge >= 0.3 is 0 Å². The number of aromatic nitrogens is 2. The monoisotopic (exact) mass is 329 g/mol. The molecule has 1 saturated heterocycles. The van der Waals surface area contributed by atoms with Crippen molar-refractivity contribution in [2.45, 2.75) is 39.2 Å². The summed E-state index contributed by atoms with van der Waals surface area (Å²) < 4.78 is 19.4. The van der Waals surface area contributed by atoms with Crippen LogP contribution in [0.2, 0.25) is 0 Å². The lowest BCUT2D eigenvalue weighted by Gasteiger charge is -2.34. The van der Waals surface area contributed by atoms with Crippen LogP contribution in [0.5, 0.6) is 11.6 Å². The lowest BCUT2D eigenvalue weighted by molar-refractivity contribution is -0.132. The van der Waals surface area contributed by atoms with E-state index in [-0.39, 0.29) is 23.6 Å². The molecule has 0 bridgehead atoms. The van der Waals surface area contributed by atoms with Gasteiger partial charge in [0.15, 0.2) is 17.4 Å². The lowest BCUT2D eigenvalue weighted by atomic mass is 10.0. The number of para-hydroxylation sites is 1. The first-order chi connectivity index (χ1) is 11.5. The summed E-state index contributed by atoms with van der Waals surface area (Å²) in [7, 11) is 0. The zero-order chi connectivity index (χ0) is 17.1. The molecule has 0 spiro atoms. The van der Waals surface area contributed by atoms with Gasteiger partial charge < -0.3 is 9.64 Å². The van der Waals surface area contributed by atoms with Crippen LogP contribution in [0.15, 0.2) is 30.3 Å². The minimum Gasteiger partial charge on any atom is -0.436 e. The summed E-state index contributed by atoms with van der Waals surface area (Å²) in [6, 6.07) is 7.70. The van der Waals surface area contributed by atoms with Crippen molar-refractivity contribution in [2.75, 3.05) is 6.54 Å². The van der Waals surface area contributed by atoms with E-state index in [0.717, 1.165) is 25.0 Å². The molecule has 1 aromatic heterocycles. The summed E-state index contributed by atoms with van der Waals surface area (Å²) in [5.74, 6) is 0.529. The van der Waals surface area contributed by atoms with Gasteiger partial charge in [0.25, 0.3) is 0 Å². The molecule has 126 valence electrons. The number of benzene rings is 1. The molecule has 1 fully saturated rings. The van der Waals surface area contributed by atoms with Crippen molar-refractivity contribution in [3.05, 3.63) is 47.7 Å². The predicted octanol–water partition coefficient (Wildman–Crippen LogP) is 3.79. The van der Waals surface area contributed by atoms with Crippen LogP contribution in [0.4, 0.5) is 4.39 Å².